The molecular weight excluding hydrogens is 1170 g/mol. The van der Waals surface area contributed by atoms with Crippen LogP contribution in [0.1, 0.15) is 133 Å². The van der Waals surface area contributed by atoms with Gasteiger partial charge in [0.15, 0.2) is 0 Å². The molecule has 0 amide bonds. The second kappa shape index (κ2) is 40.4. The number of rotatable bonds is 10. The van der Waals surface area contributed by atoms with Gasteiger partial charge in [-0.15, -0.1) is 0 Å². The van der Waals surface area contributed by atoms with Gasteiger partial charge in [-0.3, -0.25) is 9.79 Å². The molecule has 93 heavy (non-hydrogen) atoms. The zero-order valence-electron chi connectivity index (χ0n) is 59.4. The third-order valence-corrected chi connectivity index (χ3v) is 18.5. The van der Waals surface area contributed by atoms with Crippen LogP contribution in [0.2, 0.25) is 0 Å². The molecule has 22 heteroatoms. The predicted molar refractivity (Wildman–Crippen MR) is 382 cm³/mol. The number of hydrogen-bond donors (Lipinski definition) is 13. The minimum Gasteiger partial charge on any atom is -0.481 e. The number of carbonyl (C=O) groups is 1. The van der Waals surface area contributed by atoms with Crippen molar-refractivity contribution >= 4 is 29.5 Å². The first kappa shape index (κ1) is 78.5. The van der Waals surface area contributed by atoms with E-state index in [2.05, 4.69) is 153 Å². The Hall–Kier alpha value is -5.15. The van der Waals surface area contributed by atoms with E-state index in [9.17, 15) is 25.5 Å². The molecule has 0 aromatic carbocycles. The van der Waals surface area contributed by atoms with Gasteiger partial charge in [-0.05, 0) is 251 Å². The van der Waals surface area contributed by atoms with Gasteiger partial charge in [0, 0.05) is 136 Å². The molecule has 0 radical (unpaired) electrons. The maximum absolute atomic E-state index is 11.5. The highest BCUT2D eigenvalue weighted by Gasteiger charge is 2.30. The second-order valence-corrected chi connectivity index (χ2v) is 27.7. The van der Waals surface area contributed by atoms with Crippen LogP contribution in [0.25, 0.3) is 12.2 Å². The maximum Gasteiger partial charge on any atom is 0.303 e. The summed E-state index contributed by atoms with van der Waals surface area (Å²) in [5, 5.41) is 63.7. The van der Waals surface area contributed by atoms with Crippen molar-refractivity contribution in [2.45, 2.75) is 162 Å². The summed E-state index contributed by atoms with van der Waals surface area (Å²) in [5.41, 5.74) is 10.7. The average Bonchev–Trinajstić information content (AvgIpc) is 1.63. The van der Waals surface area contributed by atoms with Crippen molar-refractivity contribution in [2.75, 3.05) is 153 Å². The number of H-pyrrole nitrogens is 2. The van der Waals surface area contributed by atoms with Crippen molar-refractivity contribution in [1.29, 1.82) is 0 Å². The van der Waals surface area contributed by atoms with Gasteiger partial charge in [0.05, 0.1) is 29.8 Å². The monoisotopic (exact) mass is 1300 g/mol. The summed E-state index contributed by atoms with van der Waals surface area (Å²) in [6.45, 7) is 47.0. The molecule has 2 aromatic heterocycles. The van der Waals surface area contributed by atoms with Gasteiger partial charge in [-0.1, -0.05) is 13.2 Å². The van der Waals surface area contributed by atoms with Gasteiger partial charge >= 0.3 is 5.97 Å². The molecular formula is C71H123N15O7. The number of aliphatic imine (C=N–C) groups is 2. The highest BCUT2D eigenvalue weighted by molar-refractivity contribution is 6.23. The number of aliphatic hydroxyl groups excluding tert-OH is 1. The normalized spacial score (nSPS) is 24.2. The van der Waals surface area contributed by atoms with Crippen LogP contribution in [0.3, 0.4) is 0 Å². The molecule has 0 saturated carbocycles. The summed E-state index contributed by atoms with van der Waals surface area (Å²) in [6.07, 6.45) is 16.5. The molecule has 22 nitrogen and oxygen atoms in total. The number of nitrogens with zero attached hydrogens (tertiary/aromatic N) is 6. The van der Waals surface area contributed by atoms with Gasteiger partial charge in [-0.25, -0.2) is 15.5 Å². The van der Waals surface area contributed by atoms with E-state index in [4.69, 9.17) is 9.98 Å². The molecule has 0 spiro atoms. The van der Waals surface area contributed by atoms with Crippen LogP contribution >= 0.6 is 0 Å². The van der Waals surface area contributed by atoms with Crippen LogP contribution < -0.4 is 47.9 Å². The average molecular weight is 1300 g/mol. The Morgan fingerprint density at radius 1 is 0.624 bits per heavy atom. The van der Waals surface area contributed by atoms with Crippen LogP contribution in [0, 0.1) is 13.8 Å². The molecule has 8 heterocycles. The number of aliphatic carboxylic acids is 1. The molecule has 8 bridgehead atoms. The molecule has 4 unspecified atom stereocenters. The Labute approximate surface area is 557 Å². The summed E-state index contributed by atoms with van der Waals surface area (Å²) in [4.78, 5) is 47.3. The number of carboxylic acid groups (broad SMARTS) is 1. The first-order valence-corrected chi connectivity index (χ1v) is 34.3. The molecule has 13 N–H and O–H groups in total. The number of aliphatic hydroxyl groups is 1. The van der Waals surface area contributed by atoms with Crippen molar-refractivity contribution in [3.8, 4) is 0 Å². The van der Waals surface area contributed by atoms with E-state index in [1.807, 2.05) is 52.0 Å². The molecule has 8 rings (SSSR count). The molecule has 2 aromatic rings. The summed E-state index contributed by atoms with van der Waals surface area (Å²) in [5.74, 6) is -0.443. The largest absolute Gasteiger partial charge is 0.481 e. The number of hydrogen-bond acceptors (Lipinski definition) is 19. The Kier molecular flexibility index (Phi) is 34.1. The third-order valence-electron chi connectivity index (χ3n) is 18.5. The number of carboxylic acids is 1. The van der Waals surface area contributed by atoms with Crippen LogP contribution in [-0.4, -0.2) is 249 Å². The lowest BCUT2D eigenvalue weighted by molar-refractivity contribution is -0.204. The number of aromatic nitrogens is 2. The Bertz CT molecular complexity index is 2880. The Morgan fingerprint density at radius 2 is 1.15 bits per heavy atom. The highest BCUT2D eigenvalue weighted by atomic mass is 17.1. The number of nitrogens with one attached hydrogen (secondary N) is 9. The van der Waals surface area contributed by atoms with Gasteiger partial charge in [0.1, 0.15) is 11.5 Å². The summed E-state index contributed by atoms with van der Waals surface area (Å²) >= 11 is 0. The van der Waals surface area contributed by atoms with Crippen molar-refractivity contribution in [1.82, 2.24) is 66.8 Å². The van der Waals surface area contributed by atoms with Crippen LogP contribution in [0.4, 0.5) is 0 Å². The molecule has 0 aliphatic carbocycles. The van der Waals surface area contributed by atoms with E-state index in [1.54, 1.807) is 0 Å². The molecule has 6 aliphatic heterocycles. The number of allylic oxidation sites excluding steroid dienone is 6. The standard InChI is InChI=1S/C33H36N4O6.C16H36N4O.C14H32N4.C8H19N3/c1-16-9-22-12-27-19(4)23(7-8-33(38)39)30(35-27)14-28-21(6)25(11-18(3)43-41)32(37-28)15-29-20(5)24(10-17(2)42-40)31(36-29)13-26(16)34-22;1-13-10-15(3,4)19-8-6-18-14(2)11-16(5,12-21)20-9-7-17-13;1-15-7-5-8-17(3)13-14-18(4)10-6-9-16(2)12-11-15;1-3-9-4-2-6-11-8-7-10-5-1/h9,12-13,15,30,36-37,40-41H,2-3,7-8,10-11,14H2,1,4-6H3,(H,38,39);13-14,17-21H,6-12H2,1-5H3;5-14H2,1-4H3;9-11H,1-8H2. The summed E-state index contributed by atoms with van der Waals surface area (Å²) < 4.78 is 0. The molecule has 524 valence electrons. The van der Waals surface area contributed by atoms with E-state index in [0.717, 1.165) is 156 Å². The van der Waals surface area contributed by atoms with Crippen molar-refractivity contribution < 1.29 is 35.3 Å². The molecule has 6 aliphatic rings. The number of fused-ring (bicyclic) bond motifs is 6. The van der Waals surface area contributed by atoms with Gasteiger partial charge in [0.2, 0.25) is 0 Å². The van der Waals surface area contributed by atoms with Gasteiger partial charge < -0.3 is 86.8 Å². The zero-order valence-corrected chi connectivity index (χ0v) is 59.4. The van der Waals surface area contributed by atoms with E-state index >= 15 is 0 Å². The summed E-state index contributed by atoms with van der Waals surface area (Å²) in [7, 11) is 8.97. The predicted octanol–water partition coefficient (Wildman–Crippen LogP) is 5.01. The van der Waals surface area contributed by atoms with E-state index in [-0.39, 0.29) is 54.5 Å². The van der Waals surface area contributed by atoms with Crippen LogP contribution in [0.5, 0.6) is 0 Å². The van der Waals surface area contributed by atoms with Crippen molar-refractivity contribution in [3.63, 3.8) is 0 Å². The zero-order chi connectivity index (χ0) is 68.1. The van der Waals surface area contributed by atoms with Crippen LogP contribution in [-0.2, 0) is 33.8 Å². The maximum atomic E-state index is 11.5. The quantitative estimate of drug-likeness (QED) is 0.0847. The van der Waals surface area contributed by atoms with Crippen molar-refractivity contribution in [2.24, 2.45) is 9.98 Å². The minimum absolute atomic E-state index is 0.0186. The molecule has 3 fully saturated rings. The van der Waals surface area contributed by atoms with Crippen LogP contribution in [0.15, 0.2) is 69.2 Å². The van der Waals surface area contributed by atoms with Crippen molar-refractivity contribution in [3.05, 3.63) is 104 Å². The third kappa shape index (κ3) is 27.8. The second-order valence-electron chi connectivity index (χ2n) is 27.7. The molecule has 4 atom stereocenters. The Balaban J connectivity index is 0.000000260. The lowest BCUT2D eigenvalue weighted by Crippen LogP contribution is -2.54. The smallest absolute Gasteiger partial charge is 0.303 e. The fraction of sp³-hybridized carbons (Fsp3) is 0.676. The van der Waals surface area contributed by atoms with E-state index < -0.39 is 5.97 Å². The highest BCUT2D eigenvalue weighted by Crippen LogP contribution is 2.33. The molecule has 3 saturated heterocycles. The number of likely N-dealkylation sites (N-methyl/N-ethyl adjacent to an activating group) is 4. The fourth-order valence-electron chi connectivity index (χ4n) is 12.8. The van der Waals surface area contributed by atoms with E-state index in [1.165, 1.54) is 78.0 Å². The van der Waals surface area contributed by atoms with Gasteiger partial charge in [0.25, 0.3) is 0 Å². The lowest BCUT2D eigenvalue weighted by atomic mass is 9.94. The van der Waals surface area contributed by atoms with Gasteiger partial charge in [-0.2, -0.15) is 0 Å². The Morgan fingerprint density at radius 3 is 1.69 bits per heavy atom. The first-order chi connectivity index (χ1) is 44.3. The fourth-order valence-corrected chi connectivity index (χ4v) is 12.8. The SMILES string of the molecule is C1CNCCCNCCNC1.C=C(Cc1c2[nH]c(c1C)CC1N=C(C=C3C=C(C)C(=N3)C=c3[nH]c(c(C)c3CC(=C)OO)=C2)C(C)=C1CCC(=O)O)OO.CC1CC(C)(C)NCCNC(C)CC(C)(CO)NCCN1.CN1CCCN(C)CCN(C)CCCN(C)CC1. The van der Waals surface area contributed by atoms with E-state index in [0.29, 0.717) is 24.9 Å². The minimum atomic E-state index is -0.852. The first-order valence-electron chi connectivity index (χ1n) is 34.3. The lowest BCUT2D eigenvalue weighted by Gasteiger charge is -2.34. The topological polar surface area (TPSA) is 270 Å². The number of aromatic amines is 2. The summed E-state index contributed by atoms with van der Waals surface area (Å²) in [6, 6.07) is 0.616.